The van der Waals surface area contributed by atoms with Crippen molar-refractivity contribution < 1.29 is 46.1 Å². The second kappa shape index (κ2) is 11.4. The van der Waals surface area contributed by atoms with Gasteiger partial charge in [-0.2, -0.15) is 26.3 Å². The van der Waals surface area contributed by atoms with Gasteiger partial charge in [-0.25, -0.2) is 4.98 Å². The van der Waals surface area contributed by atoms with Gasteiger partial charge in [0.05, 0.1) is 16.5 Å². The number of alkyl halides is 6. The lowest BCUT2D eigenvalue weighted by atomic mass is 9.80. The van der Waals surface area contributed by atoms with Gasteiger partial charge in [-0.05, 0) is 53.9 Å². The van der Waals surface area contributed by atoms with E-state index in [2.05, 4.69) is 10.3 Å². The molecule has 2 aliphatic carbocycles. The van der Waals surface area contributed by atoms with Gasteiger partial charge in [0.15, 0.2) is 5.01 Å². The fourth-order valence-electron chi connectivity index (χ4n) is 5.55. The number of benzene rings is 1. The molecule has 1 aromatic carbocycles. The lowest BCUT2D eigenvalue weighted by Gasteiger charge is -2.34. The lowest BCUT2D eigenvalue weighted by molar-refractivity contribution is -0.376. The number of carbonyl (C=O) groups excluding carboxylic acids is 1. The summed E-state index contributed by atoms with van der Waals surface area (Å²) in [6, 6.07) is 2.53. The Kier molecular flexibility index (Phi) is 8.78. The van der Waals surface area contributed by atoms with E-state index in [1.807, 2.05) is 0 Å². The molecule has 1 amide bonds. The molecular weight excluding hydrogens is 586 g/mol. The fraction of sp³-hybridized carbons (Fsp3) is 0.621. The van der Waals surface area contributed by atoms with Crippen LogP contribution in [0.1, 0.15) is 92.3 Å². The number of aliphatic carboxylic acids is 1. The Morgan fingerprint density at radius 3 is 2.05 bits per heavy atom. The zero-order chi connectivity index (χ0) is 31.3. The van der Waals surface area contributed by atoms with E-state index in [9.17, 15) is 41.0 Å². The van der Waals surface area contributed by atoms with Gasteiger partial charge in [0, 0.05) is 11.6 Å². The molecule has 0 bridgehead atoms. The molecule has 6 nitrogen and oxygen atoms in total. The number of aliphatic hydroxyl groups is 1. The number of amides is 1. The molecule has 2 saturated carbocycles. The molecule has 3 N–H and O–H groups in total. The van der Waals surface area contributed by atoms with Crippen LogP contribution in [-0.4, -0.2) is 45.5 Å². The number of carboxylic acid groups (broad SMARTS) is 1. The molecule has 2 aliphatic rings. The van der Waals surface area contributed by atoms with Crippen LogP contribution in [0.3, 0.4) is 0 Å². The molecule has 2 fully saturated rings. The molecule has 1 heterocycles. The van der Waals surface area contributed by atoms with Crippen LogP contribution in [-0.2, 0) is 22.2 Å². The highest BCUT2D eigenvalue weighted by atomic mass is 32.1. The van der Waals surface area contributed by atoms with Gasteiger partial charge < -0.3 is 15.5 Å². The van der Waals surface area contributed by atoms with Crippen molar-refractivity contribution in [3.05, 3.63) is 40.0 Å². The number of aromatic nitrogens is 1. The number of thiazole rings is 1. The highest BCUT2D eigenvalue weighted by Crippen LogP contribution is 2.51. The molecule has 1 aromatic heterocycles. The van der Waals surface area contributed by atoms with Gasteiger partial charge in [-0.1, -0.05) is 58.9 Å². The molecule has 4 rings (SSSR count). The van der Waals surface area contributed by atoms with E-state index in [1.54, 1.807) is 20.8 Å². The van der Waals surface area contributed by atoms with Crippen molar-refractivity contribution in [3.8, 4) is 10.4 Å². The summed E-state index contributed by atoms with van der Waals surface area (Å²) in [4.78, 5) is 29.0. The molecule has 0 spiro atoms. The standard InChI is InChI=1S/C29H34F6N2O4S/c1-26(2,3)18-10-16(11-19(14-18)27(41,28(30,31)32)29(33,34)35)22-21(9-15-7-5-4-6-8-15)37-24(42-22)23(38)36-20-12-17(13-20)25(39)40/h10-11,14-15,17,20,41H,4-9,12-13H2,1-3H3,(H,36,38)(H,39,40). The highest BCUT2D eigenvalue weighted by Gasteiger charge is 2.71. The van der Waals surface area contributed by atoms with E-state index in [-0.39, 0.29) is 45.8 Å². The molecule has 0 aliphatic heterocycles. The average molecular weight is 621 g/mol. The largest absolute Gasteiger partial charge is 0.481 e. The fourth-order valence-corrected chi connectivity index (χ4v) is 6.53. The first kappa shape index (κ1) is 32.2. The monoisotopic (exact) mass is 620 g/mol. The maximum atomic E-state index is 13.9. The van der Waals surface area contributed by atoms with Crippen molar-refractivity contribution in [2.45, 2.75) is 102 Å². The summed E-state index contributed by atoms with van der Waals surface area (Å²) in [5.74, 6) is -1.92. The van der Waals surface area contributed by atoms with Crippen molar-refractivity contribution in [1.29, 1.82) is 0 Å². The normalized spacial score (nSPS) is 20.7. The van der Waals surface area contributed by atoms with Crippen molar-refractivity contribution in [2.75, 3.05) is 0 Å². The lowest BCUT2D eigenvalue weighted by Crippen LogP contribution is -2.54. The second-order valence-electron chi connectivity index (χ2n) is 12.4. The number of carboxylic acids is 1. The Bertz CT molecular complexity index is 1300. The van der Waals surface area contributed by atoms with Crippen LogP contribution in [0.25, 0.3) is 10.4 Å². The minimum atomic E-state index is -6.06. The maximum absolute atomic E-state index is 13.9. The Morgan fingerprint density at radius 2 is 1.52 bits per heavy atom. The summed E-state index contributed by atoms with van der Waals surface area (Å²) in [7, 11) is 0. The Hall–Kier alpha value is -2.67. The van der Waals surface area contributed by atoms with Gasteiger partial charge in [0.25, 0.3) is 11.5 Å². The van der Waals surface area contributed by atoms with Gasteiger partial charge in [0.2, 0.25) is 0 Å². The van der Waals surface area contributed by atoms with E-state index < -0.39 is 46.7 Å². The number of hydrogen-bond acceptors (Lipinski definition) is 5. The first-order chi connectivity index (χ1) is 19.3. The molecule has 2 aromatic rings. The zero-order valence-electron chi connectivity index (χ0n) is 23.5. The van der Waals surface area contributed by atoms with Crippen LogP contribution in [0.5, 0.6) is 0 Å². The van der Waals surface area contributed by atoms with Gasteiger partial charge in [0.1, 0.15) is 0 Å². The Morgan fingerprint density at radius 1 is 0.952 bits per heavy atom. The topological polar surface area (TPSA) is 99.5 Å². The van der Waals surface area contributed by atoms with Crippen LogP contribution in [0.15, 0.2) is 18.2 Å². The van der Waals surface area contributed by atoms with Crippen LogP contribution in [0, 0.1) is 11.8 Å². The number of nitrogens with zero attached hydrogens (tertiary/aromatic N) is 1. The number of carbonyl (C=O) groups is 2. The van der Waals surface area contributed by atoms with E-state index in [0.717, 1.165) is 49.5 Å². The smallest absolute Gasteiger partial charge is 0.430 e. The number of hydrogen-bond donors (Lipinski definition) is 3. The van der Waals surface area contributed by atoms with Gasteiger partial charge in [-0.15, -0.1) is 11.3 Å². The van der Waals surface area contributed by atoms with E-state index in [4.69, 9.17) is 5.11 Å². The first-order valence-electron chi connectivity index (χ1n) is 13.9. The average Bonchev–Trinajstić information content (AvgIpc) is 3.27. The predicted molar refractivity (Wildman–Crippen MR) is 144 cm³/mol. The van der Waals surface area contributed by atoms with Crippen molar-refractivity contribution in [2.24, 2.45) is 11.8 Å². The SMILES string of the molecule is CC(C)(C)c1cc(-c2sc(C(=O)NC3CC(C(=O)O)C3)nc2CC2CCCCC2)cc(C(O)(C(F)(F)F)C(F)(F)F)c1. The predicted octanol–water partition coefficient (Wildman–Crippen LogP) is 7.14. The third kappa shape index (κ3) is 6.46. The third-order valence-electron chi connectivity index (χ3n) is 8.22. The maximum Gasteiger partial charge on any atom is 0.430 e. The molecule has 0 radical (unpaired) electrons. The summed E-state index contributed by atoms with van der Waals surface area (Å²) in [6.45, 7) is 4.90. The minimum Gasteiger partial charge on any atom is -0.481 e. The van der Waals surface area contributed by atoms with Crippen molar-refractivity contribution in [3.63, 3.8) is 0 Å². The molecule has 0 saturated heterocycles. The number of halogens is 6. The summed E-state index contributed by atoms with van der Waals surface area (Å²) < 4.78 is 83.5. The van der Waals surface area contributed by atoms with Crippen molar-refractivity contribution in [1.82, 2.24) is 10.3 Å². The van der Waals surface area contributed by atoms with Crippen molar-refractivity contribution >= 4 is 23.2 Å². The Labute approximate surface area is 243 Å². The summed E-state index contributed by atoms with van der Waals surface area (Å²) in [5, 5.41) is 22.1. The molecule has 0 atom stereocenters. The molecule has 42 heavy (non-hydrogen) atoms. The summed E-state index contributed by atoms with van der Waals surface area (Å²) in [5.41, 5.74) is -6.83. The second-order valence-corrected chi connectivity index (χ2v) is 13.4. The third-order valence-corrected chi connectivity index (χ3v) is 9.37. The molecule has 13 heteroatoms. The zero-order valence-corrected chi connectivity index (χ0v) is 24.3. The van der Waals surface area contributed by atoms with Crippen LogP contribution >= 0.6 is 11.3 Å². The number of nitrogens with one attached hydrogen (secondary N) is 1. The van der Waals surface area contributed by atoms with E-state index >= 15 is 0 Å². The van der Waals surface area contributed by atoms with Crippen LogP contribution in [0.2, 0.25) is 0 Å². The van der Waals surface area contributed by atoms with E-state index in [1.165, 1.54) is 6.07 Å². The number of rotatable bonds is 7. The molecule has 0 unspecified atom stereocenters. The quantitative estimate of drug-likeness (QED) is 0.286. The van der Waals surface area contributed by atoms with Crippen LogP contribution < -0.4 is 5.32 Å². The molecular formula is C29H34F6N2O4S. The minimum absolute atomic E-state index is 0.00120. The summed E-state index contributed by atoms with van der Waals surface area (Å²) in [6.07, 6.45) is -6.43. The van der Waals surface area contributed by atoms with Gasteiger partial charge >= 0.3 is 18.3 Å². The first-order valence-corrected chi connectivity index (χ1v) is 14.7. The summed E-state index contributed by atoms with van der Waals surface area (Å²) >= 11 is 0.863. The molecule has 232 valence electrons. The van der Waals surface area contributed by atoms with Crippen LogP contribution in [0.4, 0.5) is 26.3 Å². The van der Waals surface area contributed by atoms with E-state index in [0.29, 0.717) is 18.2 Å². The highest BCUT2D eigenvalue weighted by molar-refractivity contribution is 7.17. The Balaban J connectivity index is 1.82. The van der Waals surface area contributed by atoms with Gasteiger partial charge in [-0.3, -0.25) is 9.59 Å².